The van der Waals surface area contributed by atoms with Gasteiger partial charge in [0.15, 0.2) is 0 Å². The molecular formula is C14H18F3NO. The highest BCUT2D eigenvalue weighted by atomic mass is 19.4. The highest BCUT2D eigenvalue weighted by Crippen LogP contribution is 2.31. The van der Waals surface area contributed by atoms with Crippen LogP contribution >= 0.6 is 0 Å². The van der Waals surface area contributed by atoms with Crippen LogP contribution in [0.4, 0.5) is 18.9 Å². The van der Waals surface area contributed by atoms with Gasteiger partial charge in [-0.3, -0.25) is 0 Å². The lowest BCUT2D eigenvalue weighted by Crippen LogP contribution is -2.23. The Bertz CT molecular complexity index is 415. The third-order valence-electron chi connectivity index (χ3n) is 3.39. The Labute approximate surface area is 111 Å². The summed E-state index contributed by atoms with van der Waals surface area (Å²) in [5.41, 5.74) is 0.661. The van der Waals surface area contributed by atoms with Crippen LogP contribution in [0.25, 0.3) is 0 Å². The number of anilines is 1. The maximum Gasteiger partial charge on any atom is 0.573 e. The predicted molar refractivity (Wildman–Crippen MR) is 68.2 cm³/mol. The van der Waals surface area contributed by atoms with Crippen LogP contribution in [0.1, 0.15) is 32.6 Å². The van der Waals surface area contributed by atoms with E-state index in [0.717, 1.165) is 12.3 Å². The monoisotopic (exact) mass is 273 g/mol. The minimum absolute atomic E-state index is 0.187. The van der Waals surface area contributed by atoms with Crippen LogP contribution in [0.2, 0.25) is 0 Å². The molecule has 1 aromatic rings. The molecule has 1 atom stereocenters. The number of nitrogens with one attached hydrogen (secondary N) is 1. The first kappa shape index (κ1) is 14.0. The van der Waals surface area contributed by atoms with Crippen molar-refractivity contribution < 1.29 is 17.9 Å². The normalized spacial score (nSPS) is 17.7. The van der Waals surface area contributed by atoms with Crippen molar-refractivity contribution >= 4 is 5.69 Å². The highest BCUT2D eigenvalue weighted by Gasteiger charge is 2.31. The molecule has 5 heteroatoms. The molecule has 0 bridgehead atoms. The molecule has 0 aliphatic heterocycles. The second-order valence-electron chi connectivity index (χ2n) is 5.15. The van der Waals surface area contributed by atoms with Crippen molar-refractivity contribution in [3.05, 3.63) is 24.3 Å². The van der Waals surface area contributed by atoms with Gasteiger partial charge in [0.25, 0.3) is 0 Å². The van der Waals surface area contributed by atoms with Crippen LogP contribution in [0.3, 0.4) is 0 Å². The van der Waals surface area contributed by atoms with Crippen molar-refractivity contribution in [1.29, 1.82) is 0 Å². The lowest BCUT2D eigenvalue weighted by Gasteiger charge is -2.29. The van der Waals surface area contributed by atoms with Gasteiger partial charge in [-0.1, -0.05) is 25.3 Å². The van der Waals surface area contributed by atoms with Gasteiger partial charge in [-0.05, 0) is 31.4 Å². The van der Waals surface area contributed by atoms with Gasteiger partial charge in [-0.25, -0.2) is 0 Å². The summed E-state index contributed by atoms with van der Waals surface area (Å²) in [6.07, 6.45) is 0.249. The number of benzene rings is 1. The molecule has 0 aromatic heterocycles. The molecular weight excluding hydrogens is 255 g/mol. The Morgan fingerprint density at radius 1 is 1.37 bits per heavy atom. The molecule has 1 aromatic carbocycles. The maximum atomic E-state index is 12.1. The van der Waals surface area contributed by atoms with E-state index in [1.807, 2.05) is 0 Å². The summed E-state index contributed by atoms with van der Waals surface area (Å²) < 4.78 is 40.3. The number of rotatable bonds is 5. The summed E-state index contributed by atoms with van der Waals surface area (Å²) in [7, 11) is 0. The van der Waals surface area contributed by atoms with Crippen LogP contribution in [0.15, 0.2) is 24.3 Å². The summed E-state index contributed by atoms with van der Waals surface area (Å²) in [5.74, 6) is 0.574. The zero-order valence-electron chi connectivity index (χ0n) is 10.8. The van der Waals surface area contributed by atoms with Crippen molar-refractivity contribution in [2.45, 2.75) is 45.0 Å². The number of ether oxygens (including phenoxy) is 1. The summed E-state index contributed by atoms with van der Waals surface area (Å²) >= 11 is 0. The third kappa shape index (κ3) is 4.65. The molecule has 0 radical (unpaired) electrons. The Hall–Kier alpha value is -1.39. The third-order valence-corrected chi connectivity index (χ3v) is 3.39. The van der Waals surface area contributed by atoms with E-state index >= 15 is 0 Å². The van der Waals surface area contributed by atoms with Crippen LogP contribution in [-0.2, 0) is 0 Å². The van der Waals surface area contributed by atoms with Gasteiger partial charge < -0.3 is 10.1 Å². The van der Waals surface area contributed by atoms with E-state index in [2.05, 4.69) is 17.0 Å². The van der Waals surface area contributed by atoms with Crippen molar-refractivity contribution in [2.75, 3.05) is 5.32 Å². The second-order valence-corrected chi connectivity index (χ2v) is 5.15. The standard InChI is InChI=1S/C14H18F3NO/c1-10(8-11-4-2-5-11)18-12-6-3-7-13(9-12)19-14(15,16)17/h3,6-7,9-11,18H,2,4-5,8H2,1H3. The smallest absolute Gasteiger partial charge is 0.406 e. The molecule has 1 fully saturated rings. The summed E-state index contributed by atoms with van der Waals surface area (Å²) in [6, 6.07) is 6.24. The van der Waals surface area contributed by atoms with Gasteiger partial charge >= 0.3 is 6.36 Å². The van der Waals surface area contributed by atoms with Gasteiger partial charge in [0.2, 0.25) is 0 Å². The molecule has 2 rings (SSSR count). The number of alkyl halides is 3. The molecule has 1 aliphatic carbocycles. The Balaban J connectivity index is 1.90. The highest BCUT2D eigenvalue weighted by molar-refractivity contribution is 5.48. The first-order valence-electron chi connectivity index (χ1n) is 6.55. The fraction of sp³-hybridized carbons (Fsp3) is 0.571. The first-order chi connectivity index (χ1) is 8.92. The van der Waals surface area contributed by atoms with E-state index in [1.54, 1.807) is 12.1 Å². The fourth-order valence-corrected chi connectivity index (χ4v) is 2.35. The Morgan fingerprint density at radius 3 is 2.68 bits per heavy atom. The van der Waals surface area contributed by atoms with E-state index in [-0.39, 0.29) is 11.8 Å². The SMILES string of the molecule is CC(CC1CCC1)Nc1cccc(OC(F)(F)F)c1. The van der Waals surface area contributed by atoms with Gasteiger partial charge in [-0.2, -0.15) is 0 Å². The van der Waals surface area contributed by atoms with Crippen molar-refractivity contribution in [2.24, 2.45) is 5.92 Å². The summed E-state index contributed by atoms with van der Waals surface area (Å²) in [5, 5.41) is 3.22. The number of halogens is 3. The number of hydrogen-bond donors (Lipinski definition) is 1. The number of hydrogen-bond acceptors (Lipinski definition) is 2. The Kier molecular flexibility index (Phi) is 4.22. The molecule has 0 saturated heterocycles. The van der Waals surface area contributed by atoms with Gasteiger partial charge in [0.05, 0.1) is 0 Å². The molecule has 0 heterocycles. The quantitative estimate of drug-likeness (QED) is 0.848. The van der Waals surface area contributed by atoms with Crippen LogP contribution in [0.5, 0.6) is 5.75 Å². The zero-order valence-corrected chi connectivity index (χ0v) is 10.8. The molecule has 1 unspecified atom stereocenters. The molecule has 19 heavy (non-hydrogen) atoms. The molecule has 0 spiro atoms. The van der Waals surface area contributed by atoms with Crippen molar-refractivity contribution in [3.63, 3.8) is 0 Å². The zero-order chi connectivity index (χ0) is 13.9. The maximum absolute atomic E-state index is 12.1. The summed E-state index contributed by atoms with van der Waals surface area (Å²) in [4.78, 5) is 0. The summed E-state index contributed by atoms with van der Waals surface area (Å²) in [6.45, 7) is 2.05. The van der Waals surface area contributed by atoms with E-state index in [0.29, 0.717) is 5.69 Å². The van der Waals surface area contributed by atoms with Gasteiger partial charge in [0.1, 0.15) is 5.75 Å². The minimum atomic E-state index is -4.64. The van der Waals surface area contributed by atoms with E-state index in [9.17, 15) is 13.2 Å². The van der Waals surface area contributed by atoms with Crippen LogP contribution in [0, 0.1) is 5.92 Å². The molecule has 1 saturated carbocycles. The average molecular weight is 273 g/mol. The predicted octanol–water partition coefficient (Wildman–Crippen LogP) is 4.58. The van der Waals surface area contributed by atoms with E-state index < -0.39 is 6.36 Å². The minimum Gasteiger partial charge on any atom is -0.406 e. The second kappa shape index (κ2) is 5.72. The van der Waals surface area contributed by atoms with Crippen LogP contribution < -0.4 is 10.1 Å². The molecule has 1 aliphatic rings. The topological polar surface area (TPSA) is 21.3 Å². The molecule has 1 N–H and O–H groups in total. The lowest BCUT2D eigenvalue weighted by atomic mass is 9.81. The molecule has 106 valence electrons. The van der Waals surface area contributed by atoms with Crippen molar-refractivity contribution in [1.82, 2.24) is 0 Å². The largest absolute Gasteiger partial charge is 0.573 e. The van der Waals surface area contributed by atoms with Crippen LogP contribution in [-0.4, -0.2) is 12.4 Å². The van der Waals surface area contributed by atoms with E-state index in [4.69, 9.17) is 0 Å². The van der Waals surface area contributed by atoms with Gasteiger partial charge in [-0.15, -0.1) is 13.2 Å². The Morgan fingerprint density at radius 2 is 2.11 bits per heavy atom. The van der Waals surface area contributed by atoms with E-state index in [1.165, 1.54) is 31.4 Å². The first-order valence-corrected chi connectivity index (χ1v) is 6.55. The van der Waals surface area contributed by atoms with Crippen molar-refractivity contribution in [3.8, 4) is 5.75 Å². The molecule has 2 nitrogen and oxygen atoms in total. The fourth-order valence-electron chi connectivity index (χ4n) is 2.35. The average Bonchev–Trinajstić information content (AvgIpc) is 2.21. The molecule has 0 amide bonds. The van der Waals surface area contributed by atoms with Gasteiger partial charge in [0, 0.05) is 17.8 Å². The lowest BCUT2D eigenvalue weighted by molar-refractivity contribution is -0.274.